The predicted octanol–water partition coefficient (Wildman–Crippen LogP) is 1.24. The lowest BCUT2D eigenvalue weighted by Crippen LogP contribution is -2.52. The van der Waals surface area contributed by atoms with Gasteiger partial charge in [-0.15, -0.1) is 0 Å². The first-order valence-corrected chi connectivity index (χ1v) is 5.57. The van der Waals surface area contributed by atoms with E-state index in [0.717, 1.165) is 0 Å². The summed E-state index contributed by atoms with van der Waals surface area (Å²) in [4.78, 5) is 33.3. The number of alkyl halides is 2. The van der Waals surface area contributed by atoms with Crippen molar-refractivity contribution in [3.8, 4) is 0 Å². The molecule has 0 aliphatic heterocycles. The predicted molar refractivity (Wildman–Crippen MR) is 65.8 cm³/mol. The van der Waals surface area contributed by atoms with Crippen molar-refractivity contribution in [3.05, 3.63) is 35.9 Å². The van der Waals surface area contributed by atoms with Crippen LogP contribution in [0.4, 0.5) is 0 Å². The number of hydrogen-bond acceptors (Lipinski definition) is 3. The van der Waals surface area contributed by atoms with Crippen LogP contribution < -0.4 is 5.32 Å². The molecule has 0 spiro atoms. The standard InChI is InChI=1S/C11H9Cl2NO4/c12-11(13,6-15)8(10(17)18)14-9(16)7-4-2-1-3-5-7/h1-6,8H,(H,14,16)(H,17,18). The van der Waals surface area contributed by atoms with Crippen LogP contribution in [-0.4, -0.2) is 33.6 Å². The molecule has 18 heavy (non-hydrogen) atoms. The number of carboxylic acids is 1. The summed E-state index contributed by atoms with van der Waals surface area (Å²) in [6.07, 6.45) is 0.0557. The summed E-state index contributed by atoms with van der Waals surface area (Å²) < 4.78 is -2.23. The van der Waals surface area contributed by atoms with Crippen molar-refractivity contribution in [1.29, 1.82) is 0 Å². The zero-order valence-corrected chi connectivity index (χ0v) is 10.5. The summed E-state index contributed by atoms with van der Waals surface area (Å²) in [5.74, 6) is -2.19. The van der Waals surface area contributed by atoms with E-state index in [0.29, 0.717) is 0 Å². The largest absolute Gasteiger partial charge is 0.480 e. The molecular weight excluding hydrogens is 281 g/mol. The highest BCUT2D eigenvalue weighted by molar-refractivity contribution is 6.57. The number of aldehydes is 1. The summed E-state index contributed by atoms with van der Waals surface area (Å²) in [6, 6.07) is 6.16. The first-order chi connectivity index (χ1) is 8.38. The average Bonchev–Trinajstić information content (AvgIpc) is 2.36. The number of amides is 1. The van der Waals surface area contributed by atoms with Crippen molar-refractivity contribution in [2.75, 3.05) is 0 Å². The number of rotatable bonds is 5. The molecule has 0 aromatic heterocycles. The molecule has 0 aliphatic rings. The fourth-order valence-electron chi connectivity index (χ4n) is 1.19. The molecule has 96 valence electrons. The Labute approximate surface area is 113 Å². The number of carbonyl (C=O) groups is 3. The van der Waals surface area contributed by atoms with Crippen molar-refractivity contribution >= 4 is 41.4 Å². The van der Waals surface area contributed by atoms with Crippen LogP contribution >= 0.6 is 23.2 Å². The maximum Gasteiger partial charge on any atom is 0.329 e. The molecule has 1 unspecified atom stereocenters. The van der Waals surface area contributed by atoms with E-state index in [4.69, 9.17) is 28.3 Å². The van der Waals surface area contributed by atoms with Gasteiger partial charge in [-0.05, 0) is 12.1 Å². The topological polar surface area (TPSA) is 83.5 Å². The van der Waals surface area contributed by atoms with Gasteiger partial charge in [0, 0.05) is 5.56 Å². The van der Waals surface area contributed by atoms with E-state index in [1.807, 2.05) is 0 Å². The number of halogens is 2. The van der Waals surface area contributed by atoms with Crippen LogP contribution in [-0.2, 0) is 9.59 Å². The maximum absolute atomic E-state index is 11.7. The van der Waals surface area contributed by atoms with E-state index in [-0.39, 0.29) is 11.8 Å². The highest BCUT2D eigenvalue weighted by Gasteiger charge is 2.41. The van der Waals surface area contributed by atoms with Gasteiger partial charge in [0.15, 0.2) is 12.3 Å². The van der Waals surface area contributed by atoms with Crippen molar-refractivity contribution in [1.82, 2.24) is 5.32 Å². The molecule has 0 aliphatic carbocycles. The quantitative estimate of drug-likeness (QED) is 0.631. The molecule has 0 saturated heterocycles. The van der Waals surface area contributed by atoms with E-state index in [1.165, 1.54) is 12.1 Å². The molecule has 1 amide bonds. The molecule has 1 aromatic rings. The van der Waals surface area contributed by atoms with Crippen LogP contribution in [0, 0.1) is 0 Å². The van der Waals surface area contributed by atoms with Crippen molar-refractivity contribution in [2.24, 2.45) is 0 Å². The number of benzene rings is 1. The third-order valence-corrected chi connectivity index (χ3v) is 2.71. The Morgan fingerprint density at radius 2 is 1.83 bits per heavy atom. The van der Waals surface area contributed by atoms with Crippen LogP contribution in [0.25, 0.3) is 0 Å². The van der Waals surface area contributed by atoms with Crippen molar-refractivity contribution < 1.29 is 19.5 Å². The SMILES string of the molecule is O=CC(Cl)(Cl)C(NC(=O)c1ccccc1)C(=O)O. The maximum atomic E-state index is 11.7. The first kappa shape index (κ1) is 14.5. The lowest BCUT2D eigenvalue weighted by molar-refractivity contribution is -0.140. The van der Waals surface area contributed by atoms with Gasteiger partial charge in [0.05, 0.1) is 0 Å². The first-order valence-electron chi connectivity index (χ1n) is 4.81. The third-order valence-electron chi connectivity index (χ3n) is 2.10. The fraction of sp³-hybridized carbons (Fsp3) is 0.182. The Bertz CT molecular complexity index is 461. The molecular formula is C11H9Cl2NO4. The summed E-state index contributed by atoms with van der Waals surface area (Å²) >= 11 is 11.0. The van der Waals surface area contributed by atoms with Gasteiger partial charge in [-0.1, -0.05) is 41.4 Å². The zero-order valence-electron chi connectivity index (χ0n) is 8.97. The Balaban J connectivity index is 2.90. The third kappa shape index (κ3) is 3.45. The average molecular weight is 290 g/mol. The minimum atomic E-state index is -2.23. The highest BCUT2D eigenvalue weighted by atomic mass is 35.5. The van der Waals surface area contributed by atoms with E-state index >= 15 is 0 Å². The Morgan fingerprint density at radius 3 is 2.28 bits per heavy atom. The summed E-state index contributed by atoms with van der Waals surface area (Å²) in [5.41, 5.74) is 0.235. The minimum Gasteiger partial charge on any atom is -0.480 e. The van der Waals surface area contributed by atoms with Crippen LogP contribution in [0.3, 0.4) is 0 Å². The van der Waals surface area contributed by atoms with Gasteiger partial charge >= 0.3 is 5.97 Å². The van der Waals surface area contributed by atoms with Gasteiger partial charge in [-0.3, -0.25) is 9.59 Å². The summed E-state index contributed by atoms with van der Waals surface area (Å²) in [6.45, 7) is 0. The molecule has 0 heterocycles. The fourth-order valence-corrected chi connectivity index (χ4v) is 1.49. The van der Waals surface area contributed by atoms with Crippen molar-refractivity contribution in [2.45, 2.75) is 10.4 Å². The second kappa shape index (κ2) is 5.84. The molecule has 0 fully saturated rings. The number of nitrogens with one attached hydrogen (secondary N) is 1. The van der Waals surface area contributed by atoms with Gasteiger partial charge in [0.25, 0.3) is 5.91 Å². The smallest absolute Gasteiger partial charge is 0.329 e. The molecule has 1 rings (SSSR count). The van der Waals surface area contributed by atoms with Gasteiger partial charge in [0.2, 0.25) is 4.33 Å². The second-order valence-electron chi connectivity index (χ2n) is 3.40. The number of aliphatic carboxylic acids is 1. The lowest BCUT2D eigenvalue weighted by atomic mass is 10.1. The van der Waals surface area contributed by atoms with Crippen LogP contribution in [0.5, 0.6) is 0 Å². The molecule has 0 radical (unpaired) electrons. The van der Waals surface area contributed by atoms with Gasteiger partial charge in [-0.2, -0.15) is 0 Å². The second-order valence-corrected chi connectivity index (χ2v) is 4.85. The number of carboxylic acid groups (broad SMARTS) is 1. The summed E-state index contributed by atoms with van der Waals surface area (Å²) in [7, 11) is 0. The van der Waals surface area contributed by atoms with E-state index in [1.54, 1.807) is 18.2 Å². The van der Waals surface area contributed by atoms with E-state index in [9.17, 15) is 14.4 Å². The zero-order chi connectivity index (χ0) is 13.8. The summed E-state index contributed by atoms with van der Waals surface area (Å²) in [5, 5.41) is 11.0. The van der Waals surface area contributed by atoms with Gasteiger partial charge in [0.1, 0.15) is 0 Å². The molecule has 1 aromatic carbocycles. The number of carbonyl (C=O) groups excluding carboxylic acids is 2. The number of hydrogen-bond donors (Lipinski definition) is 2. The molecule has 7 heteroatoms. The molecule has 1 atom stereocenters. The molecule has 0 saturated carbocycles. The van der Waals surface area contributed by atoms with Crippen molar-refractivity contribution in [3.63, 3.8) is 0 Å². The Morgan fingerprint density at radius 1 is 1.28 bits per heavy atom. The normalized spacial score (nSPS) is 12.6. The molecule has 5 nitrogen and oxygen atoms in total. The van der Waals surface area contributed by atoms with Crippen LogP contribution in [0.15, 0.2) is 30.3 Å². The van der Waals surface area contributed by atoms with Gasteiger partial charge < -0.3 is 10.4 Å². The molecule has 2 N–H and O–H groups in total. The molecule has 0 bridgehead atoms. The monoisotopic (exact) mass is 289 g/mol. The van der Waals surface area contributed by atoms with Crippen LogP contribution in [0.1, 0.15) is 10.4 Å². The van der Waals surface area contributed by atoms with Gasteiger partial charge in [-0.25, -0.2) is 4.79 Å². The Hall–Kier alpha value is -1.59. The highest BCUT2D eigenvalue weighted by Crippen LogP contribution is 2.23. The Kier molecular flexibility index (Phi) is 4.69. The van der Waals surface area contributed by atoms with Crippen LogP contribution in [0.2, 0.25) is 0 Å². The lowest BCUT2D eigenvalue weighted by Gasteiger charge is -2.22. The minimum absolute atomic E-state index is 0.0557. The van der Waals surface area contributed by atoms with E-state index < -0.39 is 22.3 Å². The van der Waals surface area contributed by atoms with E-state index in [2.05, 4.69) is 5.32 Å².